The molecule has 132 valence electrons. The van der Waals surface area contributed by atoms with Gasteiger partial charge in [-0.3, -0.25) is 20.0 Å². The van der Waals surface area contributed by atoms with Crippen LogP contribution in [0.4, 0.5) is 11.4 Å². The number of carbonyl (C=O) groups excluding carboxylic acids is 1. The number of aromatic amines is 1. The number of nitrogens with one attached hydrogen (secondary N) is 2. The number of H-pyrrole nitrogens is 1. The standard InChI is InChI=1S/C17H13ClN4O4/c1-10-3-2-4-13(5-10)26-14-7-11(6-12(8-14)22(24)25)20-17(23)16-15(18)9-19-21-16/h2-9H,1H3,(H,19,21)(H,20,23). The van der Waals surface area contributed by atoms with E-state index in [1.807, 2.05) is 19.1 Å². The summed E-state index contributed by atoms with van der Waals surface area (Å²) in [4.78, 5) is 22.8. The minimum Gasteiger partial charge on any atom is -0.457 e. The first-order chi connectivity index (χ1) is 12.4. The first-order valence-corrected chi connectivity index (χ1v) is 7.84. The fourth-order valence-electron chi connectivity index (χ4n) is 2.26. The Balaban J connectivity index is 1.90. The minimum absolute atomic E-state index is 0.0549. The number of anilines is 1. The Hall–Kier alpha value is -3.39. The minimum atomic E-state index is -0.575. The first kappa shape index (κ1) is 17.4. The van der Waals surface area contributed by atoms with Gasteiger partial charge in [-0.2, -0.15) is 5.10 Å². The number of benzene rings is 2. The molecule has 0 bridgehead atoms. The lowest BCUT2D eigenvalue weighted by molar-refractivity contribution is -0.384. The van der Waals surface area contributed by atoms with Crippen molar-refractivity contribution in [3.8, 4) is 11.5 Å². The number of non-ortho nitro benzene ring substituents is 1. The van der Waals surface area contributed by atoms with Crippen molar-refractivity contribution in [2.45, 2.75) is 6.92 Å². The third-order valence-electron chi connectivity index (χ3n) is 3.41. The molecule has 0 aliphatic heterocycles. The fourth-order valence-corrected chi connectivity index (χ4v) is 2.44. The Morgan fingerprint density at radius 1 is 1.27 bits per heavy atom. The second kappa shape index (κ2) is 7.24. The molecule has 8 nitrogen and oxygen atoms in total. The zero-order valence-corrected chi connectivity index (χ0v) is 14.3. The van der Waals surface area contributed by atoms with Crippen molar-refractivity contribution in [1.29, 1.82) is 0 Å². The van der Waals surface area contributed by atoms with Gasteiger partial charge in [-0.1, -0.05) is 23.7 Å². The highest BCUT2D eigenvalue weighted by atomic mass is 35.5. The van der Waals surface area contributed by atoms with Gasteiger partial charge in [0.05, 0.1) is 27.9 Å². The number of ether oxygens (including phenoxy) is 1. The average Bonchev–Trinajstić information content (AvgIpc) is 3.00. The molecule has 1 amide bonds. The second-order valence-corrected chi connectivity index (χ2v) is 5.85. The molecule has 0 spiro atoms. The Kier molecular flexibility index (Phi) is 4.85. The van der Waals surface area contributed by atoms with Gasteiger partial charge in [0.15, 0.2) is 0 Å². The van der Waals surface area contributed by atoms with E-state index in [2.05, 4.69) is 15.5 Å². The van der Waals surface area contributed by atoms with Gasteiger partial charge in [0, 0.05) is 12.1 Å². The summed E-state index contributed by atoms with van der Waals surface area (Å²) in [7, 11) is 0. The summed E-state index contributed by atoms with van der Waals surface area (Å²) in [5.74, 6) is 0.171. The Morgan fingerprint density at radius 2 is 2.08 bits per heavy atom. The number of carbonyl (C=O) groups is 1. The van der Waals surface area contributed by atoms with E-state index in [4.69, 9.17) is 16.3 Å². The molecule has 9 heteroatoms. The molecule has 0 saturated carbocycles. The van der Waals surface area contributed by atoms with E-state index in [-0.39, 0.29) is 27.8 Å². The van der Waals surface area contributed by atoms with Gasteiger partial charge in [0.1, 0.15) is 17.2 Å². The molecule has 0 fully saturated rings. The van der Waals surface area contributed by atoms with Gasteiger partial charge in [-0.05, 0) is 24.6 Å². The van der Waals surface area contributed by atoms with E-state index in [1.54, 1.807) is 12.1 Å². The summed E-state index contributed by atoms with van der Waals surface area (Å²) >= 11 is 5.85. The van der Waals surface area contributed by atoms with Crippen molar-refractivity contribution >= 4 is 28.9 Å². The summed E-state index contributed by atoms with van der Waals surface area (Å²) in [6, 6.07) is 11.2. The third kappa shape index (κ3) is 3.98. The lowest BCUT2D eigenvalue weighted by Crippen LogP contribution is -2.13. The number of rotatable bonds is 5. The van der Waals surface area contributed by atoms with Gasteiger partial charge >= 0.3 is 0 Å². The van der Waals surface area contributed by atoms with Crippen LogP contribution in [-0.4, -0.2) is 21.0 Å². The molecular formula is C17H13ClN4O4. The highest BCUT2D eigenvalue weighted by Crippen LogP contribution is 2.30. The van der Waals surface area contributed by atoms with Crippen molar-refractivity contribution in [3.05, 3.63) is 75.1 Å². The second-order valence-electron chi connectivity index (χ2n) is 5.44. The van der Waals surface area contributed by atoms with Crippen LogP contribution in [0.2, 0.25) is 5.02 Å². The monoisotopic (exact) mass is 372 g/mol. The SMILES string of the molecule is Cc1cccc(Oc2cc(NC(=O)c3[nH]ncc3Cl)cc([N+](=O)[O-])c2)c1. The quantitative estimate of drug-likeness (QED) is 0.511. The van der Waals surface area contributed by atoms with Crippen LogP contribution in [0.5, 0.6) is 11.5 Å². The molecule has 0 saturated heterocycles. The van der Waals surface area contributed by atoms with Gasteiger partial charge < -0.3 is 10.1 Å². The lowest BCUT2D eigenvalue weighted by Gasteiger charge is -2.09. The number of nitro benzene ring substituents is 1. The van der Waals surface area contributed by atoms with Crippen LogP contribution in [0, 0.1) is 17.0 Å². The summed E-state index contributed by atoms with van der Waals surface area (Å²) in [6.07, 6.45) is 1.29. The zero-order chi connectivity index (χ0) is 18.7. The van der Waals surface area contributed by atoms with E-state index < -0.39 is 10.8 Å². The van der Waals surface area contributed by atoms with Gasteiger partial charge in [-0.15, -0.1) is 0 Å². The van der Waals surface area contributed by atoms with Crippen LogP contribution in [0.25, 0.3) is 0 Å². The van der Waals surface area contributed by atoms with Crippen LogP contribution in [0.3, 0.4) is 0 Å². The molecule has 0 radical (unpaired) electrons. The topological polar surface area (TPSA) is 110 Å². The zero-order valence-electron chi connectivity index (χ0n) is 13.5. The highest BCUT2D eigenvalue weighted by Gasteiger charge is 2.16. The van der Waals surface area contributed by atoms with E-state index >= 15 is 0 Å². The van der Waals surface area contributed by atoms with Crippen LogP contribution in [-0.2, 0) is 0 Å². The Labute approximate surface area is 152 Å². The van der Waals surface area contributed by atoms with Crippen LogP contribution >= 0.6 is 11.6 Å². The van der Waals surface area contributed by atoms with Crippen molar-refractivity contribution < 1.29 is 14.5 Å². The maximum atomic E-state index is 12.2. The number of aromatic nitrogens is 2. The summed E-state index contributed by atoms with van der Waals surface area (Å²) in [5.41, 5.74) is 1.01. The van der Waals surface area contributed by atoms with E-state index in [0.29, 0.717) is 5.75 Å². The normalized spacial score (nSPS) is 10.4. The number of nitrogens with zero attached hydrogens (tertiary/aromatic N) is 2. The molecule has 3 rings (SSSR count). The number of hydrogen-bond acceptors (Lipinski definition) is 5. The van der Waals surface area contributed by atoms with Gasteiger partial charge in [0.25, 0.3) is 11.6 Å². The largest absolute Gasteiger partial charge is 0.457 e. The first-order valence-electron chi connectivity index (χ1n) is 7.46. The predicted octanol–water partition coefficient (Wildman–Crippen LogP) is 4.32. The summed E-state index contributed by atoms with van der Waals surface area (Å²) < 4.78 is 5.68. The van der Waals surface area contributed by atoms with Crippen molar-refractivity contribution in [3.63, 3.8) is 0 Å². The lowest BCUT2D eigenvalue weighted by atomic mass is 10.2. The number of aryl methyl sites for hydroxylation is 1. The van der Waals surface area contributed by atoms with Crippen LogP contribution in [0.15, 0.2) is 48.7 Å². The maximum Gasteiger partial charge on any atom is 0.275 e. The van der Waals surface area contributed by atoms with Gasteiger partial charge in [-0.25, -0.2) is 0 Å². The average molecular weight is 373 g/mol. The van der Waals surface area contributed by atoms with Gasteiger partial charge in [0.2, 0.25) is 0 Å². The van der Waals surface area contributed by atoms with E-state index in [9.17, 15) is 14.9 Å². The third-order valence-corrected chi connectivity index (χ3v) is 3.69. The Bertz CT molecular complexity index is 986. The molecule has 0 aliphatic rings. The molecule has 3 aromatic rings. The molecular weight excluding hydrogens is 360 g/mol. The number of amides is 1. The molecule has 2 N–H and O–H groups in total. The van der Waals surface area contributed by atoms with Crippen molar-refractivity contribution in [2.75, 3.05) is 5.32 Å². The molecule has 26 heavy (non-hydrogen) atoms. The smallest absolute Gasteiger partial charge is 0.275 e. The van der Waals surface area contributed by atoms with Crippen molar-refractivity contribution in [1.82, 2.24) is 10.2 Å². The van der Waals surface area contributed by atoms with Crippen LogP contribution < -0.4 is 10.1 Å². The van der Waals surface area contributed by atoms with Crippen molar-refractivity contribution in [2.24, 2.45) is 0 Å². The molecule has 1 heterocycles. The number of hydrogen-bond donors (Lipinski definition) is 2. The number of halogens is 1. The summed E-state index contributed by atoms with van der Waals surface area (Å²) in [5, 5.41) is 20.0. The molecule has 0 unspecified atom stereocenters. The molecule has 0 atom stereocenters. The fraction of sp³-hybridized carbons (Fsp3) is 0.0588. The van der Waals surface area contributed by atoms with E-state index in [1.165, 1.54) is 24.4 Å². The molecule has 2 aromatic carbocycles. The molecule has 0 aliphatic carbocycles. The summed E-state index contributed by atoms with van der Waals surface area (Å²) in [6.45, 7) is 1.90. The Morgan fingerprint density at radius 3 is 2.73 bits per heavy atom. The number of nitro groups is 1. The predicted molar refractivity (Wildman–Crippen MR) is 95.9 cm³/mol. The molecule has 1 aromatic heterocycles. The van der Waals surface area contributed by atoms with E-state index in [0.717, 1.165) is 5.56 Å². The van der Waals surface area contributed by atoms with Crippen LogP contribution in [0.1, 0.15) is 16.1 Å². The highest BCUT2D eigenvalue weighted by molar-refractivity contribution is 6.34. The maximum absolute atomic E-state index is 12.2.